The van der Waals surface area contributed by atoms with E-state index < -0.39 is 5.91 Å². The van der Waals surface area contributed by atoms with Crippen molar-refractivity contribution in [1.82, 2.24) is 5.32 Å². The lowest BCUT2D eigenvalue weighted by atomic mass is 10.2. The number of nitrogens with one attached hydrogen (secondary N) is 2. The van der Waals surface area contributed by atoms with Gasteiger partial charge in [0, 0.05) is 17.3 Å². The molecule has 0 saturated heterocycles. The number of hydrogen-bond acceptors (Lipinski definition) is 3. The Morgan fingerprint density at radius 3 is 2.31 bits per heavy atom. The SMILES string of the molecule is Cc1ccc(NC(=O)/C(=C\c2ccco2)NC(=O)c2ccccc2)cc1. The van der Waals surface area contributed by atoms with Crippen molar-refractivity contribution >= 4 is 23.6 Å². The highest BCUT2D eigenvalue weighted by Gasteiger charge is 2.15. The van der Waals surface area contributed by atoms with Crippen LogP contribution in [0.2, 0.25) is 0 Å². The number of furan rings is 1. The molecule has 3 aromatic rings. The van der Waals surface area contributed by atoms with Crippen molar-refractivity contribution < 1.29 is 14.0 Å². The quantitative estimate of drug-likeness (QED) is 0.686. The molecule has 2 N–H and O–H groups in total. The standard InChI is InChI=1S/C21H18N2O3/c1-15-9-11-17(12-10-15)22-21(25)19(14-18-8-5-13-26-18)23-20(24)16-6-3-2-4-7-16/h2-14H,1H3,(H,22,25)(H,23,24)/b19-14+. The Balaban J connectivity index is 1.82. The molecule has 0 fully saturated rings. The molecule has 0 bridgehead atoms. The van der Waals surface area contributed by atoms with E-state index in [1.54, 1.807) is 48.5 Å². The van der Waals surface area contributed by atoms with Gasteiger partial charge in [-0.1, -0.05) is 35.9 Å². The second-order valence-corrected chi connectivity index (χ2v) is 5.71. The summed E-state index contributed by atoms with van der Waals surface area (Å²) in [5.41, 5.74) is 2.28. The van der Waals surface area contributed by atoms with Crippen molar-refractivity contribution in [2.45, 2.75) is 6.92 Å². The third kappa shape index (κ3) is 4.48. The zero-order valence-corrected chi connectivity index (χ0v) is 14.2. The molecule has 130 valence electrons. The number of carbonyl (C=O) groups is 2. The van der Waals surface area contributed by atoms with E-state index in [2.05, 4.69) is 10.6 Å². The fraction of sp³-hybridized carbons (Fsp3) is 0.0476. The summed E-state index contributed by atoms with van der Waals surface area (Å²) in [6.45, 7) is 1.97. The van der Waals surface area contributed by atoms with Crippen molar-refractivity contribution in [2.75, 3.05) is 5.32 Å². The molecule has 0 aliphatic heterocycles. The summed E-state index contributed by atoms with van der Waals surface area (Å²) >= 11 is 0. The van der Waals surface area contributed by atoms with E-state index in [1.807, 2.05) is 25.1 Å². The lowest BCUT2D eigenvalue weighted by molar-refractivity contribution is -0.113. The first kappa shape index (κ1) is 17.2. The van der Waals surface area contributed by atoms with Crippen molar-refractivity contribution in [2.24, 2.45) is 0 Å². The zero-order chi connectivity index (χ0) is 18.4. The summed E-state index contributed by atoms with van der Waals surface area (Å²) in [6.07, 6.45) is 2.99. The minimum absolute atomic E-state index is 0.0920. The van der Waals surface area contributed by atoms with E-state index in [0.29, 0.717) is 17.0 Å². The van der Waals surface area contributed by atoms with E-state index in [9.17, 15) is 9.59 Å². The summed E-state index contributed by atoms with van der Waals surface area (Å²) < 4.78 is 5.26. The average Bonchev–Trinajstić information content (AvgIpc) is 3.17. The Morgan fingerprint density at radius 2 is 1.65 bits per heavy atom. The van der Waals surface area contributed by atoms with Crippen LogP contribution in [0.25, 0.3) is 6.08 Å². The monoisotopic (exact) mass is 346 g/mol. The number of amides is 2. The summed E-state index contributed by atoms with van der Waals surface area (Å²) in [7, 11) is 0. The van der Waals surface area contributed by atoms with Gasteiger partial charge in [0.05, 0.1) is 6.26 Å². The van der Waals surface area contributed by atoms with Crippen LogP contribution in [0.3, 0.4) is 0 Å². The maximum atomic E-state index is 12.7. The van der Waals surface area contributed by atoms with Gasteiger partial charge in [0.25, 0.3) is 11.8 Å². The van der Waals surface area contributed by atoms with Crippen molar-refractivity contribution in [3.63, 3.8) is 0 Å². The van der Waals surface area contributed by atoms with Crippen molar-refractivity contribution in [3.8, 4) is 0 Å². The molecule has 0 aliphatic rings. The van der Waals surface area contributed by atoms with Gasteiger partial charge in [-0.05, 0) is 43.3 Å². The van der Waals surface area contributed by atoms with Gasteiger partial charge in [0.15, 0.2) is 0 Å². The van der Waals surface area contributed by atoms with Crippen LogP contribution in [0.1, 0.15) is 21.7 Å². The van der Waals surface area contributed by atoms with E-state index >= 15 is 0 Å². The van der Waals surface area contributed by atoms with Gasteiger partial charge in [-0.25, -0.2) is 0 Å². The second kappa shape index (κ2) is 7.98. The molecule has 2 amide bonds. The summed E-state index contributed by atoms with van der Waals surface area (Å²) in [6, 6.07) is 19.5. The van der Waals surface area contributed by atoms with Crippen LogP contribution in [0, 0.1) is 6.92 Å². The van der Waals surface area contributed by atoms with Crippen LogP contribution >= 0.6 is 0 Å². The lowest BCUT2D eigenvalue weighted by Crippen LogP contribution is -2.30. The predicted octanol–water partition coefficient (Wildman–Crippen LogP) is 4.00. The molecular weight excluding hydrogens is 328 g/mol. The molecule has 1 aromatic heterocycles. The highest BCUT2D eigenvalue weighted by atomic mass is 16.3. The van der Waals surface area contributed by atoms with Crippen LogP contribution in [0.4, 0.5) is 5.69 Å². The topological polar surface area (TPSA) is 71.3 Å². The van der Waals surface area contributed by atoms with E-state index in [-0.39, 0.29) is 11.6 Å². The maximum absolute atomic E-state index is 12.7. The van der Waals surface area contributed by atoms with Gasteiger partial charge in [0.2, 0.25) is 0 Å². The summed E-state index contributed by atoms with van der Waals surface area (Å²) in [5.74, 6) is -0.343. The first-order valence-electron chi connectivity index (χ1n) is 8.11. The highest BCUT2D eigenvalue weighted by Crippen LogP contribution is 2.12. The molecular formula is C21H18N2O3. The minimum atomic E-state index is -0.436. The Kier molecular flexibility index (Phi) is 5.29. The number of aryl methyl sites for hydroxylation is 1. The third-order valence-electron chi connectivity index (χ3n) is 3.67. The van der Waals surface area contributed by atoms with Crippen molar-refractivity contribution in [3.05, 3.63) is 95.6 Å². The van der Waals surface area contributed by atoms with Gasteiger partial charge in [-0.15, -0.1) is 0 Å². The largest absolute Gasteiger partial charge is 0.465 e. The molecule has 26 heavy (non-hydrogen) atoms. The number of hydrogen-bond donors (Lipinski definition) is 2. The van der Waals surface area contributed by atoms with Crippen LogP contribution in [0.5, 0.6) is 0 Å². The molecule has 5 heteroatoms. The van der Waals surface area contributed by atoms with E-state index in [1.165, 1.54) is 12.3 Å². The van der Waals surface area contributed by atoms with Crippen LogP contribution < -0.4 is 10.6 Å². The molecule has 0 aliphatic carbocycles. The van der Waals surface area contributed by atoms with Crippen LogP contribution in [-0.4, -0.2) is 11.8 Å². The fourth-order valence-corrected chi connectivity index (χ4v) is 2.29. The normalized spacial score (nSPS) is 11.0. The molecule has 3 rings (SSSR count). The maximum Gasteiger partial charge on any atom is 0.272 e. The molecule has 0 spiro atoms. The Morgan fingerprint density at radius 1 is 0.923 bits per heavy atom. The van der Waals surface area contributed by atoms with Crippen molar-refractivity contribution in [1.29, 1.82) is 0 Å². The number of carbonyl (C=O) groups excluding carboxylic acids is 2. The van der Waals surface area contributed by atoms with Crippen LogP contribution in [0.15, 0.2) is 83.1 Å². The minimum Gasteiger partial charge on any atom is -0.465 e. The highest BCUT2D eigenvalue weighted by molar-refractivity contribution is 6.10. The average molecular weight is 346 g/mol. The molecule has 5 nitrogen and oxygen atoms in total. The van der Waals surface area contributed by atoms with Gasteiger partial charge >= 0.3 is 0 Å². The predicted molar refractivity (Wildman–Crippen MR) is 100 cm³/mol. The Bertz CT molecular complexity index is 912. The molecule has 1 heterocycles. The zero-order valence-electron chi connectivity index (χ0n) is 14.2. The molecule has 2 aromatic carbocycles. The molecule has 0 unspecified atom stereocenters. The number of rotatable bonds is 5. The van der Waals surface area contributed by atoms with Crippen LogP contribution in [-0.2, 0) is 4.79 Å². The fourth-order valence-electron chi connectivity index (χ4n) is 2.29. The Labute approximate surface area is 151 Å². The lowest BCUT2D eigenvalue weighted by Gasteiger charge is -2.11. The molecule has 0 saturated carbocycles. The summed E-state index contributed by atoms with van der Waals surface area (Å²) in [4.78, 5) is 25.1. The second-order valence-electron chi connectivity index (χ2n) is 5.71. The summed E-state index contributed by atoms with van der Waals surface area (Å²) in [5, 5.41) is 5.43. The van der Waals surface area contributed by atoms with Gasteiger partial charge in [0.1, 0.15) is 11.5 Å². The number of benzene rings is 2. The first-order valence-corrected chi connectivity index (χ1v) is 8.11. The van der Waals surface area contributed by atoms with Gasteiger partial charge in [-0.2, -0.15) is 0 Å². The third-order valence-corrected chi connectivity index (χ3v) is 3.67. The van der Waals surface area contributed by atoms with E-state index in [4.69, 9.17) is 4.42 Å². The molecule has 0 radical (unpaired) electrons. The van der Waals surface area contributed by atoms with E-state index in [0.717, 1.165) is 5.56 Å². The first-order chi connectivity index (χ1) is 12.6. The smallest absolute Gasteiger partial charge is 0.272 e. The van der Waals surface area contributed by atoms with Gasteiger partial charge in [-0.3, -0.25) is 9.59 Å². The Hall–Kier alpha value is -3.60. The number of anilines is 1. The van der Waals surface area contributed by atoms with Gasteiger partial charge < -0.3 is 15.1 Å². The molecule has 0 atom stereocenters.